The van der Waals surface area contributed by atoms with Crippen molar-refractivity contribution in [2.24, 2.45) is 0 Å². The molecule has 1 aromatic carbocycles. The van der Waals surface area contributed by atoms with Gasteiger partial charge >= 0.3 is 0 Å². The van der Waals surface area contributed by atoms with Crippen LogP contribution >= 0.6 is 11.8 Å². The van der Waals surface area contributed by atoms with E-state index in [4.69, 9.17) is 0 Å². The molecule has 7 heteroatoms. The lowest BCUT2D eigenvalue weighted by Gasteiger charge is -2.22. The number of hydrogen-bond donors (Lipinski definition) is 2. The molecule has 0 heterocycles. The molecule has 0 radical (unpaired) electrons. The molecule has 0 saturated heterocycles. The molecule has 1 unspecified atom stereocenters. The third kappa shape index (κ3) is 4.76. The van der Waals surface area contributed by atoms with Crippen LogP contribution in [0.4, 0.5) is 4.39 Å². The molecule has 19 heavy (non-hydrogen) atoms. The summed E-state index contributed by atoms with van der Waals surface area (Å²) in [5, 5.41) is 9.92. The highest BCUT2D eigenvalue weighted by atomic mass is 32.2. The van der Waals surface area contributed by atoms with Gasteiger partial charge in [-0.2, -0.15) is 11.8 Å². The monoisotopic (exact) mass is 307 g/mol. The first-order valence-corrected chi connectivity index (χ1v) is 8.53. The van der Waals surface area contributed by atoms with Crippen LogP contribution in [0.2, 0.25) is 0 Å². The summed E-state index contributed by atoms with van der Waals surface area (Å²) in [5.41, 5.74) is -0.861. The van der Waals surface area contributed by atoms with E-state index in [0.717, 1.165) is 6.07 Å². The van der Waals surface area contributed by atoms with Crippen LogP contribution in [0.15, 0.2) is 23.1 Å². The number of nitrogens with one attached hydrogen (secondary N) is 1. The molecule has 0 aliphatic rings. The summed E-state index contributed by atoms with van der Waals surface area (Å²) < 4.78 is 39.4. The third-order valence-corrected chi connectivity index (χ3v) is 4.85. The summed E-state index contributed by atoms with van der Waals surface area (Å²) in [5.74, 6) is -0.0360. The van der Waals surface area contributed by atoms with E-state index < -0.39 is 21.4 Å². The SMILES string of the molecule is CSCC(C)(O)CNS(=O)(=O)c1ccc(F)c(C)c1. The first kappa shape index (κ1) is 16.4. The highest BCUT2D eigenvalue weighted by Gasteiger charge is 2.24. The molecule has 4 nitrogen and oxygen atoms in total. The van der Waals surface area contributed by atoms with Gasteiger partial charge in [-0.3, -0.25) is 0 Å². The van der Waals surface area contributed by atoms with Crippen molar-refractivity contribution in [1.29, 1.82) is 0 Å². The van der Waals surface area contributed by atoms with E-state index in [2.05, 4.69) is 4.72 Å². The van der Waals surface area contributed by atoms with E-state index in [9.17, 15) is 17.9 Å². The molecular weight excluding hydrogens is 289 g/mol. The van der Waals surface area contributed by atoms with Crippen molar-refractivity contribution < 1.29 is 17.9 Å². The predicted octanol–water partition coefficient (Wildman–Crippen LogP) is 1.53. The van der Waals surface area contributed by atoms with E-state index >= 15 is 0 Å². The van der Waals surface area contributed by atoms with Gasteiger partial charge in [0.2, 0.25) is 10.0 Å². The normalized spacial score (nSPS) is 15.2. The molecule has 0 spiro atoms. The Labute approximate surface area is 117 Å². The maximum atomic E-state index is 13.1. The van der Waals surface area contributed by atoms with E-state index in [1.165, 1.54) is 30.8 Å². The molecule has 2 N–H and O–H groups in total. The number of rotatable bonds is 6. The van der Waals surface area contributed by atoms with E-state index in [0.29, 0.717) is 5.75 Å². The summed E-state index contributed by atoms with van der Waals surface area (Å²) in [4.78, 5) is -0.00801. The van der Waals surface area contributed by atoms with Crippen molar-refractivity contribution >= 4 is 21.8 Å². The average Bonchev–Trinajstić information content (AvgIpc) is 2.30. The van der Waals surface area contributed by atoms with Crippen molar-refractivity contribution in [2.45, 2.75) is 24.3 Å². The Hall–Kier alpha value is -0.630. The molecule has 0 saturated carbocycles. The molecular formula is C12H18FNO3S2. The topological polar surface area (TPSA) is 66.4 Å². The Morgan fingerprint density at radius 1 is 1.47 bits per heavy atom. The quantitative estimate of drug-likeness (QED) is 0.836. The van der Waals surface area contributed by atoms with Crippen LogP contribution in [-0.2, 0) is 10.0 Å². The first-order valence-electron chi connectivity index (χ1n) is 5.65. The van der Waals surface area contributed by atoms with Crippen molar-refractivity contribution in [2.75, 3.05) is 18.6 Å². The van der Waals surface area contributed by atoms with Crippen LogP contribution < -0.4 is 4.72 Å². The van der Waals surface area contributed by atoms with E-state index in [-0.39, 0.29) is 17.0 Å². The minimum Gasteiger partial charge on any atom is -0.388 e. The van der Waals surface area contributed by atoms with Gasteiger partial charge in [-0.05, 0) is 43.9 Å². The molecule has 0 aromatic heterocycles. The lowest BCUT2D eigenvalue weighted by Crippen LogP contribution is -2.42. The zero-order valence-electron chi connectivity index (χ0n) is 11.1. The number of aliphatic hydroxyl groups is 1. The molecule has 0 fully saturated rings. The van der Waals surface area contributed by atoms with Crippen molar-refractivity contribution in [3.63, 3.8) is 0 Å². The zero-order valence-corrected chi connectivity index (χ0v) is 12.7. The van der Waals surface area contributed by atoms with Gasteiger partial charge in [0, 0.05) is 12.3 Å². The second-order valence-corrected chi connectivity index (χ2v) is 7.30. The highest BCUT2D eigenvalue weighted by molar-refractivity contribution is 7.98. The maximum Gasteiger partial charge on any atom is 0.240 e. The van der Waals surface area contributed by atoms with Crippen LogP contribution in [-0.4, -0.2) is 37.7 Å². The van der Waals surface area contributed by atoms with E-state index in [1.54, 1.807) is 6.92 Å². The Morgan fingerprint density at radius 2 is 2.11 bits per heavy atom. The van der Waals surface area contributed by atoms with Gasteiger partial charge in [-0.25, -0.2) is 17.5 Å². The number of hydrogen-bond acceptors (Lipinski definition) is 4. The van der Waals surface area contributed by atoms with Gasteiger partial charge < -0.3 is 5.11 Å². The molecule has 1 rings (SSSR count). The Kier molecular flexibility index (Phi) is 5.37. The van der Waals surface area contributed by atoms with Gasteiger partial charge in [-0.15, -0.1) is 0 Å². The summed E-state index contributed by atoms with van der Waals surface area (Å²) in [6.07, 6.45) is 1.83. The largest absolute Gasteiger partial charge is 0.388 e. The second kappa shape index (κ2) is 6.21. The van der Waals surface area contributed by atoms with E-state index in [1.807, 2.05) is 6.26 Å². The summed E-state index contributed by atoms with van der Waals surface area (Å²) in [6.45, 7) is 2.97. The molecule has 1 aromatic rings. The fourth-order valence-electron chi connectivity index (χ4n) is 1.48. The number of halogens is 1. The number of benzene rings is 1. The average molecular weight is 307 g/mol. The Morgan fingerprint density at radius 3 is 2.63 bits per heavy atom. The zero-order chi connectivity index (χ0) is 14.7. The highest BCUT2D eigenvalue weighted by Crippen LogP contribution is 2.15. The van der Waals surface area contributed by atoms with Crippen LogP contribution in [0.3, 0.4) is 0 Å². The van der Waals surface area contributed by atoms with Gasteiger partial charge in [0.05, 0.1) is 10.5 Å². The number of thioether (sulfide) groups is 1. The standard InChI is InChI=1S/C12H18FNO3S2/c1-9-6-10(4-5-11(9)13)19(16,17)14-7-12(2,15)8-18-3/h4-6,14-15H,7-8H2,1-3H3. The van der Waals surface area contributed by atoms with Gasteiger partial charge in [-0.1, -0.05) is 0 Å². The second-order valence-electron chi connectivity index (χ2n) is 4.67. The number of sulfonamides is 1. The minimum atomic E-state index is -3.74. The van der Waals surface area contributed by atoms with Gasteiger partial charge in [0.15, 0.2) is 0 Å². The van der Waals surface area contributed by atoms with Crippen molar-refractivity contribution in [3.05, 3.63) is 29.6 Å². The maximum absolute atomic E-state index is 13.1. The molecule has 0 amide bonds. The van der Waals surface area contributed by atoms with Crippen LogP contribution in [0.25, 0.3) is 0 Å². The van der Waals surface area contributed by atoms with Crippen LogP contribution in [0.5, 0.6) is 0 Å². The summed E-state index contributed by atoms with van der Waals surface area (Å²) >= 11 is 1.42. The number of aryl methyl sites for hydroxylation is 1. The first-order chi connectivity index (χ1) is 8.68. The Balaban J connectivity index is 2.84. The van der Waals surface area contributed by atoms with Crippen LogP contribution in [0.1, 0.15) is 12.5 Å². The van der Waals surface area contributed by atoms with Crippen molar-refractivity contribution in [1.82, 2.24) is 4.72 Å². The molecule has 0 aliphatic heterocycles. The summed E-state index contributed by atoms with van der Waals surface area (Å²) in [7, 11) is -3.74. The fraction of sp³-hybridized carbons (Fsp3) is 0.500. The fourth-order valence-corrected chi connectivity index (χ4v) is 3.45. The van der Waals surface area contributed by atoms with Crippen LogP contribution in [0, 0.1) is 12.7 Å². The van der Waals surface area contributed by atoms with Gasteiger partial charge in [0.1, 0.15) is 5.82 Å². The molecule has 0 aliphatic carbocycles. The van der Waals surface area contributed by atoms with Gasteiger partial charge in [0.25, 0.3) is 0 Å². The summed E-state index contributed by atoms with van der Waals surface area (Å²) in [6, 6.07) is 3.58. The minimum absolute atomic E-state index is 0.00801. The predicted molar refractivity (Wildman–Crippen MR) is 75.3 cm³/mol. The Bertz CT molecular complexity index is 544. The lowest BCUT2D eigenvalue weighted by molar-refractivity contribution is 0.0908. The lowest BCUT2D eigenvalue weighted by atomic mass is 10.1. The van der Waals surface area contributed by atoms with Crippen molar-refractivity contribution in [3.8, 4) is 0 Å². The third-order valence-electron chi connectivity index (χ3n) is 2.54. The molecule has 1 atom stereocenters. The molecule has 0 bridgehead atoms. The molecule has 108 valence electrons. The smallest absolute Gasteiger partial charge is 0.240 e.